The summed E-state index contributed by atoms with van der Waals surface area (Å²) in [7, 11) is -2.57. The predicted octanol–water partition coefficient (Wildman–Crippen LogP) is 4.28. The molecule has 0 amide bonds. The first-order valence-electron chi connectivity index (χ1n) is 9.10. The van der Waals surface area contributed by atoms with Crippen LogP contribution in [-0.4, -0.2) is 51.7 Å². The number of carbonyl (C=O) groups is 1. The molecule has 0 saturated heterocycles. The van der Waals surface area contributed by atoms with Crippen molar-refractivity contribution in [2.45, 2.75) is 71.6 Å². The molecule has 0 aromatic rings. The van der Waals surface area contributed by atoms with E-state index >= 15 is 0 Å². The fraction of sp³-hybridized carbons (Fsp3) is 0.941. The normalized spacial score (nSPS) is 12.4. The van der Waals surface area contributed by atoms with Gasteiger partial charge in [-0.2, -0.15) is 0 Å². The first kappa shape index (κ1) is 23.9. The van der Waals surface area contributed by atoms with Gasteiger partial charge in [-0.1, -0.05) is 13.3 Å². The number of unbranched alkanes of at least 4 members (excludes halogenated alkanes) is 1. The van der Waals surface area contributed by atoms with Crippen LogP contribution in [0, 0.1) is 0 Å². The van der Waals surface area contributed by atoms with Gasteiger partial charge in [-0.25, -0.2) is 0 Å². The van der Waals surface area contributed by atoms with Crippen LogP contribution in [0.3, 0.4) is 0 Å². The molecule has 5 nitrogen and oxygen atoms in total. The largest absolute Gasteiger partial charge is 0.500 e. The molecule has 0 spiro atoms. The van der Waals surface area contributed by atoms with Gasteiger partial charge < -0.3 is 18.0 Å². The highest BCUT2D eigenvalue weighted by atomic mass is 32.2. The maximum absolute atomic E-state index is 12.1. The summed E-state index contributed by atoms with van der Waals surface area (Å²) < 4.78 is 22.4. The van der Waals surface area contributed by atoms with E-state index in [1.807, 2.05) is 34.6 Å². The second-order valence-corrected chi connectivity index (χ2v) is 10.4. The third kappa shape index (κ3) is 9.41. The van der Waals surface area contributed by atoms with Crippen molar-refractivity contribution in [1.82, 2.24) is 0 Å². The van der Waals surface area contributed by atoms with Crippen molar-refractivity contribution in [1.29, 1.82) is 0 Å². The van der Waals surface area contributed by atoms with Crippen molar-refractivity contribution in [3.05, 3.63) is 0 Å². The molecule has 0 fully saturated rings. The zero-order valence-electron chi connectivity index (χ0n) is 16.3. The smallest absolute Gasteiger partial charge is 0.465 e. The molecule has 0 aliphatic heterocycles. The van der Waals surface area contributed by atoms with E-state index < -0.39 is 13.6 Å². The molecule has 24 heavy (non-hydrogen) atoms. The van der Waals surface area contributed by atoms with Crippen LogP contribution in [0.4, 0.5) is 0 Å². The van der Waals surface area contributed by atoms with Crippen LogP contribution in [0.25, 0.3) is 0 Å². The summed E-state index contributed by atoms with van der Waals surface area (Å²) in [6, 6.07) is 0.774. The van der Waals surface area contributed by atoms with Gasteiger partial charge in [0.15, 0.2) is 0 Å². The molecular formula is C17H36O5SSi. The Morgan fingerprint density at radius 2 is 1.50 bits per heavy atom. The van der Waals surface area contributed by atoms with Crippen molar-refractivity contribution < 1.29 is 22.8 Å². The monoisotopic (exact) mass is 380 g/mol. The second kappa shape index (κ2) is 13.2. The zero-order valence-corrected chi connectivity index (χ0v) is 18.1. The van der Waals surface area contributed by atoms with Gasteiger partial charge in [0.1, 0.15) is 4.75 Å². The Balaban J connectivity index is 4.36. The average molecular weight is 381 g/mol. The quantitative estimate of drug-likeness (QED) is 0.240. The minimum Gasteiger partial charge on any atom is -0.465 e. The molecule has 0 unspecified atom stereocenters. The lowest BCUT2D eigenvalue weighted by molar-refractivity contribution is -0.145. The highest BCUT2D eigenvalue weighted by Gasteiger charge is 2.40. The molecule has 0 aliphatic rings. The zero-order chi connectivity index (χ0) is 18.5. The van der Waals surface area contributed by atoms with E-state index in [0.29, 0.717) is 26.4 Å². The van der Waals surface area contributed by atoms with Gasteiger partial charge in [-0.05, 0) is 53.2 Å². The van der Waals surface area contributed by atoms with Gasteiger partial charge in [0.2, 0.25) is 0 Å². The summed E-state index contributed by atoms with van der Waals surface area (Å²) in [5.74, 6) is 0.710. The van der Waals surface area contributed by atoms with Gasteiger partial charge in [-0.3, -0.25) is 4.79 Å². The molecule has 7 heteroatoms. The topological polar surface area (TPSA) is 54.0 Å². The van der Waals surface area contributed by atoms with Gasteiger partial charge in [0.25, 0.3) is 0 Å². The number of thioether (sulfide) groups is 1. The van der Waals surface area contributed by atoms with E-state index in [-0.39, 0.29) is 5.97 Å². The summed E-state index contributed by atoms with van der Waals surface area (Å²) in [5.41, 5.74) is 0. The number of carbonyl (C=O) groups excluding carboxylic acids is 1. The minimum absolute atomic E-state index is 0.135. The SMILES string of the molecule is CCCCOC(=O)C(C)(C)SCCC[Si](OCC)(OCC)OCC. The molecule has 0 rings (SSSR count). The molecule has 0 aromatic carbocycles. The number of esters is 1. The molecule has 0 heterocycles. The lowest BCUT2D eigenvalue weighted by Gasteiger charge is -2.29. The van der Waals surface area contributed by atoms with E-state index in [0.717, 1.165) is 31.1 Å². The van der Waals surface area contributed by atoms with Gasteiger partial charge >= 0.3 is 14.8 Å². The summed E-state index contributed by atoms with van der Waals surface area (Å²) in [4.78, 5) is 12.1. The summed E-state index contributed by atoms with van der Waals surface area (Å²) >= 11 is 1.62. The Morgan fingerprint density at radius 1 is 0.958 bits per heavy atom. The second-order valence-electron chi connectivity index (χ2n) is 5.93. The number of ether oxygens (including phenoxy) is 1. The molecule has 0 bridgehead atoms. The molecule has 0 aliphatic carbocycles. The van der Waals surface area contributed by atoms with Crippen LogP contribution in [0.5, 0.6) is 0 Å². The molecule has 0 aromatic heterocycles. The highest BCUT2D eigenvalue weighted by Crippen LogP contribution is 2.28. The lowest BCUT2D eigenvalue weighted by Crippen LogP contribution is -2.46. The third-order valence-corrected chi connectivity index (χ3v) is 7.94. The summed E-state index contributed by atoms with van der Waals surface area (Å²) in [6.45, 7) is 14.1. The fourth-order valence-electron chi connectivity index (χ4n) is 2.16. The third-order valence-electron chi connectivity index (χ3n) is 3.41. The molecular weight excluding hydrogens is 344 g/mol. The number of hydrogen-bond acceptors (Lipinski definition) is 6. The van der Waals surface area contributed by atoms with Crippen LogP contribution in [0.1, 0.15) is 60.8 Å². The van der Waals surface area contributed by atoms with E-state index in [4.69, 9.17) is 18.0 Å². The fourth-order valence-corrected chi connectivity index (χ4v) is 6.00. The Bertz CT molecular complexity index is 322. The van der Waals surface area contributed by atoms with E-state index in [2.05, 4.69) is 6.92 Å². The average Bonchev–Trinajstić information content (AvgIpc) is 2.52. The first-order chi connectivity index (χ1) is 11.4. The lowest BCUT2D eigenvalue weighted by atomic mass is 10.2. The van der Waals surface area contributed by atoms with Crippen molar-refractivity contribution in [3.63, 3.8) is 0 Å². The Morgan fingerprint density at radius 3 is 1.96 bits per heavy atom. The maximum atomic E-state index is 12.1. The van der Waals surface area contributed by atoms with Gasteiger partial charge in [0, 0.05) is 25.9 Å². The standard InChI is InChI=1S/C17H36O5SSi/c1-7-11-13-19-16(18)17(5,6)23-14-12-15-24(20-8-2,21-9-3)22-10-4/h7-15H2,1-6H3. The molecule has 144 valence electrons. The first-order valence-corrected chi connectivity index (χ1v) is 12.0. The Hall–Kier alpha value is -0.0831. The highest BCUT2D eigenvalue weighted by molar-refractivity contribution is 8.01. The molecule has 0 radical (unpaired) electrons. The van der Waals surface area contributed by atoms with Crippen LogP contribution in [0.15, 0.2) is 0 Å². The van der Waals surface area contributed by atoms with Crippen molar-refractivity contribution in [2.75, 3.05) is 32.2 Å². The molecule has 0 saturated carbocycles. The van der Waals surface area contributed by atoms with Crippen LogP contribution >= 0.6 is 11.8 Å². The van der Waals surface area contributed by atoms with Gasteiger partial charge in [-0.15, -0.1) is 11.8 Å². The Labute approximate surface area is 153 Å². The van der Waals surface area contributed by atoms with Crippen molar-refractivity contribution in [2.24, 2.45) is 0 Å². The van der Waals surface area contributed by atoms with Crippen molar-refractivity contribution >= 4 is 26.5 Å². The predicted molar refractivity (Wildman–Crippen MR) is 102 cm³/mol. The Kier molecular flexibility index (Phi) is 13.1. The van der Waals surface area contributed by atoms with E-state index in [9.17, 15) is 4.79 Å². The van der Waals surface area contributed by atoms with Crippen LogP contribution in [0.2, 0.25) is 6.04 Å². The van der Waals surface area contributed by atoms with E-state index in [1.165, 1.54) is 0 Å². The van der Waals surface area contributed by atoms with Crippen LogP contribution < -0.4 is 0 Å². The van der Waals surface area contributed by atoms with Gasteiger partial charge in [0.05, 0.1) is 6.61 Å². The van der Waals surface area contributed by atoms with Crippen molar-refractivity contribution in [3.8, 4) is 0 Å². The summed E-state index contributed by atoms with van der Waals surface area (Å²) in [5, 5.41) is 0. The maximum Gasteiger partial charge on any atom is 0.500 e. The van der Waals surface area contributed by atoms with E-state index in [1.54, 1.807) is 11.8 Å². The molecule has 0 atom stereocenters. The number of rotatable bonds is 15. The summed E-state index contributed by atoms with van der Waals surface area (Å²) in [6.07, 6.45) is 2.83. The molecule has 0 N–H and O–H groups in total. The van der Waals surface area contributed by atoms with Crippen LogP contribution in [-0.2, 0) is 22.8 Å². The minimum atomic E-state index is -2.57. The number of hydrogen-bond donors (Lipinski definition) is 0.